The van der Waals surface area contributed by atoms with Gasteiger partial charge in [0.1, 0.15) is 0 Å². The molecule has 0 fully saturated rings. The minimum atomic E-state index is -2.81. The van der Waals surface area contributed by atoms with E-state index in [-0.39, 0.29) is 0 Å². The van der Waals surface area contributed by atoms with Crippen molar-refractivity contribution < 1.29 is 0 Å². The third-order valence-corrected chi connectivity index (χ3v) is 21.3. The first-order valence-corrected chi connectivity index (χ1v) is 28.4. The Hall–Kier alpha value is -9.54. The zero-order valence-electron chi connectivity index (χ0n) is 41.8. The van der Waals surface area contributed by atoms with Crippen molar-refractivity contribution in [3.63, 3.8) is 0 Å². The average Bonchev–Trinajstić information content (AvgIpc) is 4.28. The zero-order chi connectivity index (χ0) is 50.2. The van der Waals surface area contributed by atoms with Crippen molar-refractivity contribution in [3.8, 4) is 33.6 Å². The van der Waals surface area contributed by atoms with E-state index in [0.717, 1.165) is 11.4 Å². The van der Waals surface area contributed by atoms with Crippen LogP contribution >= 0.6 is 0 Å². The molecular weight excluding hydrogens is 933 g/mol. The maximum Gasteiger partial charge on any atom is 0.179 e. The quantitative estimate of drug-likeness (QED) is 0.101. The van der Waals surface area contributed by atoms with Crippen LogP contribution in [0.15, 0.2) is 303 Å². The SMILES string of the molecule is c1ccc(C2(c3ccccc3)c3ccccc3-c3cc(-c4ccc5c6ccccc6n(-c6ccc7c8ccccc8n(-c8cccc([Si](c9ccccc9)(c9ccccc9)c9ccccc9)c8)c7c6)c5c4)ccc32)cc1. The highest BCUT2D eigenvalue weighted by Crippen LogP contribution is 2.56. The fourth-order valence-electron chi connectivity index (χ4n) is 13.4. The largest absolute Gasteiger partial charge is 0.309 e. The highest BCUT2D eigenvalue weighted by molar-refractivity contribution is 7.19. The van der Waals surface area contributed by atoms with Crippen molar-refractivity contribution in [1.29, 1.82) is 0 Å². The number of aromatic nitrogens is 2. The van der Waals surface area contributed by atoms with Gasteiger partial charge in [0.2, 0.25) is 0 Å². The van der Waals surface area contributed by atoms with E-state index in [4.69, 9.17) is 0 Å². The molecule has 1 aliphatic carbocycles. The van der Waals surface area contributed by atoms with E-state index in [1.807, 2.05) is 0 Å². The van der Waals surface area contributed by atoms with Gasteiger partial charge >= 0.3 is 0 Å². The summed E-state index contributed by atoms with van der Waals surface area (Å²) in [7, 11) is -2.81. The summed E-state index contributed by atoms with van der Waals surface area (Å²) < 4.78 is 4.99. The van der Waals surface area contributed by atoms with Crippen LogP contribution in [0.1, 0.15) is 22.3 Å². The number of fused-ring (bicyclic) bond motifs is 9. The molecule has 0 unspecified atom stereocenters. The van der Waals surface area contributed by atoms with E-state index >= 15 is 0 Å². The molecule has 3 heteroatoms. The first-order valence-electron chi connectivity index (χ1n) is 26.4. The molecule has 0 N–H and O–H groups in total. The lowest BCUT2D eigenvalue weighted by Crippen LogP contribution is -2.74. The Labute approximate surface area is 443 Å². The van der Waals surface area contributed by atoms with Crippen LogP contribution in [-0.2, 0) is 5.41 Å². The standard InChI is InChI=1S/C73H50N2Si/c1-6-23-53(24-7-1)73(54-25-8-2-9-26-54)67-38-19-16-35-61(67)66-47-51(42-46-68(66)73)52-41-44-64-62-36-17-21-40-70(62)75(71(64)48-52)56-43-45-65-63-37-18-20-39-69(63)74(72(65)50-56)55-27-22-34-60(49-55)76(57-28-10-3-11-29-57,58-30-12-4-13-31-58)59-32-14-5-15-33-59/h1-50H. The second-order valence-corrected chi connectivity index (χ2v) is 24.1. The lowest BCUT2D eigenvalue weighted by molar-refractivity contribution is 0.768. The van der Waals surface area contributed by atoms with Gasteiger partial charge in [-0.2, -0.15) is 0 Å². The van der Waals surface area contributed by atoms with E-state index in [0.29, 0.717) is 0 Å². The van der Waals surface area contributed by atoms with Crippen molar-refractivity contribution in [1.82, 2.24) is 9.13 Å². The molecule has 15 rings (SSSR count). The van der Waals surface area contributed by atoms with Crippen molar-refractivity contribution in [2.75, 3.05) is 0 Å². The number of hydrogen-bond donors (Lipinski definition) is 0. The Bertz CT molecular complexity index is 4360. The monoisotopic (exact) mass is 982 g/mol. The van der Waals surface area contributed by atoms with E-state index in [2.05, 4.69) is 312 Å². The van der Waals surface area contributed by atoms with Crippen molar-refractivity contribution in [3.05, 3.63) is 326 Å². The number of hydrogen-bond acceptors (Lipinski definition) is 0. The van der Waals surface area contributed by atoms with Gasteiger partial charge in [-0.05, 0) is 114 Å². The van der Waals surface area contributed by atoms with Crippen LogP contribution in [0.5, 0.6) is 0 Å². The zero-order valence-corrected chi connectivity index (χ0v) is 42.8. The Morgan fingerprint density at radius 3 is 1.26 bits per heavy atom. The molecule has 1 aliphatic rings. The maximum atomic E-state index is 2.50. The summed E-state index contributed by atoms with van der Waals surface area (Å²) in [5.74, 6) is 0. The number of para-hydroxylation sites is 2. The summed E-state index contributed by atoms with van der Waals surface area (Å²) in [6, 6.07) is 113. The minimum Gasteiger partial charge on any atom is -0.309 e. The average molecular weight is 983 g/mol. The number of benzene rings is 12. The molecular formula is C73H50N2Si. The summed E-state index contributed by atoms with van der Waals surface area (Å²) in [4.78, 5) is 0. The molecule has 2 nitrogen and oxygen atoms in total. The lowest BCUT2D eigenvalue weighted by atomic mass is 9.67. The van der Waals surface area contributed by atoms with Gasteiger partial charge in [-0.25, -0.2) is 0 Å². The topological polar surface area (TPSA) is 9.86 Å². The summed E-state index contributed by atoms with van der Waals surface area (Å²) in [6.45, 7) is 0. The van der Waals surface area contributed by atoms with Crippen LogP contribution in [0.3, 0.4) is 0 Å². The summed E-state index contributed by atoms with van der Waals surface area (Å²) in [5.41, 5.74) is 16.7. The molecule has 76 heavy (non-hydrogen) atoms. The third-order valence-electron chi connectivity index (χ3n) is 16.5. The van der Waals surface area contributed by atoms with E-state index in [9.17, 15) is 0 Å². The smallest absolute Gasteiger partial charge is 0.179 e. The molecule has 2 heterocycles. The van der Waals surface area contributed by atoms with Crippen LogP contribution in [0.4, 0.5) is 0 Å². The third kappa shape index (κ3) is 6.46. The molecule has 0 atom stereocenters. The van der Waals surface area contributed by atoms with Gasteiger partial charge in [0.25, 0.3) is 0 Å². The van der Waals surface area contributed by atoms with Crippen molar-refractivity contribution in [2.45, 2.75) is 5.41 Å². The van der Waals surface area contributed by atoms with Gasteiger partial charge in [-0.15, -0.1) is 0 Å². The van der Waals surface area contributed by atoms with Gasteiger partial charge in [0, 0.05) is 32.9 Å². The predicted molar refractivity (Wildman–Crippen MR) is 321 cm³/mol. The number of rotatable bonds is 9. The molecule has 0 aliphatic heterocycles. The fourth-order valence-corrected chi connectivity index (χ4v) is 18.2. The Morgan fingerprint density at radius 2 is 0.671 bits per heavy atom. The van der Waals surface area contributed by atoms with Crippen molar-refractivity contribution >= 4 is 72.4 Å². The van der Waals surface area contributed by atoms with Gasteiger partial charge < -0.3 is 9.13 Å². The Morgan fingerprint density at radius 1 is 0.250 bits per heavy atom. The predicted octanol–water partition coefficient (Wildman–Crippen LogP) is 15.3. The number of nitrogens with zero attached hydrogens (tertiary/aromatic N) is 2. The minimum absolute atomic E-state index is 0.442. The molecule has 0 bridgehead atoms. The molecule has 14 aromatic rings. The fraction of sp³-hybridized carbons (Fsp3) is 0.0137. The Balaban J connectivity index is 0.922. The normalized spacial score (nSPS) is 12.8. The van der Waals surface area contributed by atoms with Crippen LogP contribution < -0.4 is 20.7 Å². The molecule has 12 aromatic carbocycles. The molecule has 356 valence electrons. The van der Waals surface area contributed by atoms with E-state index in [1.165, 1.54) is 109 Å². The molecule has 2 aromatic heterocycles. The molecule has 0 spiro atoms. The highest BCUT2D eigenvalue weighted by atomic mass is 28.3. The van der Waals surface area contributed by atoms with Crippen LogP contribution in [0.25, 0.3) is 77.2 Å². The Kier molecular flexibility index (Phi) is 10.2. The van der Waals surface area contributed by atoms with Gasteiger partial charge in [-0.3, -0.25) is 0 Å². The summed E-state index contributed by atoms with van der Waals surface area (Å²) >= 11 is 0. The highest BCUT2D eigenvalue weighted by Gasteiger charge is 2.46. The molecule has 0 amide bonds. The van der Waals surface area contributed by atoms with Gasteiger partial charge in [0.15, 0.2) is 8.07 Å². The molecule has 0 saturated heterocycles. The first-order chi connectivity index (χ1) is 37.7. The summed E-state index contributed by atoms with van der Waals surface area (Å²) in [5, 5.41) is 10.3. The van der Waals surface area contributed by atoms with Crippen LogP contribution in [0, 0.1) is 0 Å². The molecule has 0 saturated carbocycles. The molecule has 0 radical (unpaired) electrons. The second kappa shape index (κ2) is 17.6. The summed E-state index contributed by atoms with van der Waals surface area (Å²) in [6.07, 6.45) is 0. The van der Waals surface area contributed by atoms with Crippen molar-refractivity contribution in [2.24, 2.45) is 0 Å². The second-order valence-electron chi connectivity index (χ2n) is 20.3. The maximum absolute atomic E-state index is 2.81. The van der Waals surface area contributed by atoms with Gasteiger partial charge in [-0.1, -0.05) is 255 Å². The van der Waals surface area contributed by atoms with E-state index < -0.39 is 13.5 Å². The van der Waals surface area contributed by atoms with E-state index in [1.54, 1.807) is 0 Å². The van der Waals surface area contributed by atoms with Crippen LogP contribution in [-0.4, -0.2) is 17.2 Å². The lowest BCUT2D eigenvalue weighted by Gasteiger charge is -2.34. The van der Waals surface area contributed by atoms with Crippen LogP contribution in [0.2, 0.25) is 0 Å². The first kappa shape index (κ1) is 44.0. The van der Waals surface area contributed by atoms with Gasteiger partial charge in [0.05, 0.1) is 27.5 Å².